The summed E-state index contributed by atoms with van der Waals surface area (Å²) in [7, 11) is 0. The first kappa shape index (κ1) is 12.9. The van der Waals surface area contributed by atoms with Crippen LogP contribution < -0.4 is 5.73 Å². The third-order valence-electron chi connectivity index (χ3n) is 3.96. The van der Waals surface area contributed by atoms with Gasteiger partial charge in [-0.15, -0.1) is 0 Å². The molecule has 1 unspecified atom stereocenters. The van der Waals surface area contributed by atoms with Crippen LogP contribution in [-0.4, -0.2) is 11.1 Å². The number of carboxylic acids is 1. The van der Waals surface area contributed by atoms with Gasteiger partial charge in [-0.1, -0.05) is 43.4 Å². The van der Waals surface area contributed by atoms with Gasteiger partial charge in [0.1, 0.15) is 0 Å². The number of rotatable bonds is 4. The molecule has 0 aromatic heterocycles. The third kappa shape index (κ3) is 2.84. The van der Waals surface area contributed by atoms with Crippen LogP contribution in [0.15, 0.2) is 18.2 Å². The van der Waals surface area contributed by atoms with Gasteiger partial charge in [-0.25, -0.2) is 0 Å². The molecule has 3 nitrogen and oxygen atoms in total. The van der Waals surface area contributed by atoms with Crippen LogP contribution in [0.4, 0.5) is 5.69 Å². The molecule has 98 valence electrons. The lowest BCUT2D eigenvalue weighted by Crippen LogP contribution is -2.16. The monoisotopic (exact) mass is 247 g/mol. The fourth-order valence-electron chi connectivity index (χ4n) is 2.94. The van der Waals surface area contributed by atoms with Crippen LogP contribution in [0.25, 0.3) is 0 Å². The summed E-state index contributed by atoms with van der Waals surface area (Å²) in [6, 6.07) is 5.66. The highest BCUT2D eigenvalue weighted by Crippen LogP contribution is 2.36. The summed E-state index contributed by atoms with van der Waals surface area (Å²) in [6.45, 7) is 1.97. The molecule has 0 aliphatic heterocycles. The maximum Gasteiger partial charge on any atom is 0.311 e. The first-order valence-corrected chi connectivity index (χ1v) is 6.66. The van der Waals surface area contributed by atoms with Gasteiger partial charge in [0.15, 0.2) is 0 Å². The van der Waals surface area contributed by atoms with Crippen molar-refractivity contribution in [1.29, 1.82) is 0 Å². The van der Waals surface area contributed by atoms with Gasteiger partial charge in [0, 0.05) is 5.69 Å². The maximum atomic E-state index is 11.5. The van der Waals surface area contributed by atoms with Gasteiger partial charge < -0.3 is 10.8 Å². The Hall–Kier alpha value is -1.51. The number of nitrogens with two attached hydrogens (primary N) is 1. The number of carboxylic acid groups (broad SMARTS) is 1. The number of hydrogen-bond acceptors (Lipinski definition) is 2. The van der Waals surface area contributed by atoms with Gasteiger partial charge in [-0.3, -0.25) is 4.79 Å². The lowest BCUT2D eigenvalue weighted by atomic mass is 9.86. The fraction of sp³-hybridized carbons (Fsp3) is 0.533. The normalized spacial score (nSPS) is 17.8. The zero-order chi connectivity index (χ0) is 13.1. The van der Waals surface area contributed by atoms with Gasteiger partial charge in [-0.05, 0) is 30.9 Å². The lowest BCUT2D eigenvalue weighted by Gasteiger charge is -2.19. The summed E-state index contributed by atoms with van der Waals surface area (Å²) in [5, 5.41) is 9.45. The van der Waals surface area contributed by atoms with E-state index in [2.05, 4.69) is 0 Å². The highest BCUT2D eigenvalue weighted by molar-refractivity contribution is 5.78. The summed E-state index contributed by atoms with van der Waals surface area (Å²) in [5.74, 6) is -0.654. The predicted molar refractivity (Wildman–Crippen MR) is 72.5 cm³/mol. The number of aryl methyl sites for hydroxylation is 1. The summed E-state index contributed by atoms with van der Waals surface area (Å²) < 4.78 is 0. The standard InChI is InChI=1S/C15H21NO2/c1-10-6-7-14(16)12(8-10)13(15(17)18)9-11-4-2-3-5-11/h6-8,11,13H,2-5,9,16H2,1H3,(H,17,18). The van der Waals surface area contributed by atoms with E-state index < -0.39 is 11.9 Å². The zero-order valence-electron chi connectivity index (χ0n) is 10.9. The SMILES string of the molecule is Cc1ccc(N)c(C(CC2CCCC2)C(=O)O)c1. The molecule has 1 aromatic rings. The molecule has 1 fully saturated rings. The Labute approximate surface area is 108 Å². The van der Waals surface area contributed by atoms with Crippen molar-refractivity contribution in [2.45, 2.75) is 44.9 Å². The summed E-state index contributed by atoms with van der Waals surface area (Å²) in [6.07, 6.45) is 5.52. The van der Waals surface area contributed by atoms with E-state index in [1.165, 1.54) is 12.8 Å². The van der Waals surface area contributed by atoms with Gasteiger partial charge in [0.25, 0.3) is 0 Å². The second kappa shape index (κ2) is 5.42. The molecular formula is C15H21NO2. The molecule has 3 heteroatoms. The molecule has 1 aliphatic carbocycles. The maximum absolute atomic E-state index is 11.5. The minimum absolute atomic E-state index is 0.451. The molecule has 3 N–H and O–H groups in total. The summed E-state index contributed by atoms with van der Waals surface area (Å²) >= 11 is 0. The molecule has 0 amide bonds. The molecular weight excluding hydrogens is 226 g/mol. The van der Waals surface area contributed by atoms with Crippen LogP contribution in [0.2, 0.25) is 0 Å². The second-order valence-electron chi connectivity index (χ2n) is 5.41. The van der Waals surface area contributed by atoms with E-state index >= 15 is 0 Å². The number of hydrogen-bond donors (Lipinski definition) is 2. The lowest BCUT2D eigenvalue weighted by molar-refractivity contribution is -0.139. The molecule has 0 spiro atoms. The Morgan fingerprint density at radius 3 is 2.72 bits per heavy atom. The van der Waals surface area contributed by atoms with Gasteiger partial charge in [-0.2, -0.15) is 0 Å². The van der Waals surface area contributed by atoms with Gasteiger partial charge >= 0.3 is 5.97 Å². The van der Waals surface area contributed by atoms with Crippen LogP contribution in [-0.2, 0) is 4.79 Å². The Bertz CT molecular complexity index is 436. The molecule has 0 saturated heterocycles. The van der Waals surface area contributed by atoms with Crippen molar-refractivity contribution in [1.82, 2.24) is 0 Å². The first-order valence-electron chi connectivity index (χ1n) is 6.66. The van der Waals surface area contributed by atoms with E-state index in [1.54, 1.807) is 0 Å². The molecule has 0 heterocycles. The minimum atomic E-state index is -0.751. The second-order valence-corrected chi connectivity index (χ2v) is 5.41. The molecule has 1 aliphatic rings. The number of carbonyl (C=O) groups is 1. The summed E-state index contributed by atoms with van der Waals surface area (Å²) in [4.78, 5) is 11.5. The third-order valence-corrected chi connectivity index (χ3v) is 3.96. The van der Waals surface area contributed by atoms with E-state index in [0.29, 0.717) is 11.6 Å². The Morgan fingerprint density at radius 1 is 1.44 bits per heavy atom. The number of anilines is 1. The molecule has 1 atom stereocenters. The van der Waals surface area contributed by atoms with Gasteiger partial charge in [0.2, 0.25) is 0 Å². The summed E-state index contributed by atoms with van der Waals surface area (Å²) in [5.41, 5.74) is 8.39. The van der Waals surface area contributed by atoms with Crippen molar-refractivity contribution in [3.05, 3.63) is 29.3 Å². The quantitative estimate of drug-likeness (QED) is 0.802. The molecule has 1 saturated carbocycles. The van der Waals surface area contributed by atoms with Crippen molar-refractivity contribution in [3.63, 3.8) is 0 Å². The van der Waals surface area contributed by atoms with E-state index in [-0.39, 0.29) is 0 Å². The van der Waals surface area contributed by atoms with Gasteiger partial charge in [0.05, 0.1) is 5.92 Å². The largest absolute Gasteiger partial charge is 0.481 e. The van der Waals surface area contributed by atoms with E-state index in [1.807, 2.05) is 25.1 Å². The van der Waals surface area contributed by atoms with Crippen molar-refractivity contribution in [2.75, 3.05) is 5.73 Å². The molecule has 0 radical (unpaired) electrons. The van der Waals surface area contributed by atoms with Crippen LogP contribution in [0.1, 0.15) is 49.1 Å². The van der Waals surface area contributed by atoms with E-state index in [0.717, 1.165) is 30.4 Å². The van der Waals surface area contributed by atoms with Crippen molar-refractivity contribution in [2.24, 2.45) is 5.92 Å². The molecule has 2 rings (SSSR count). The smallest absolute Gasteiger partial charge is 0.311 e. The highest BCUT2D eigenvalue weighted by atomic mass is 16.4. The van der Waals surface area contributed by atoms with E-state index in [9.17, 15) is 9.90 Å². The van der Waals surface area contributed by atoms with Crippen molar-refractivity contribution in [3.8, 4) is 0 Å². The average Bonchev–Trinajstić information content (AvgIpc) is 2.82. The molecule has 1 aromatic carbocycles. The fourth-order valence-corrected chi connectivity index (χ4v) is 2.94. The van der Waals surface area contributed by atoms with Crippen molar-refractivity contribution < 1.29 is 9.90 Å². The topological polar surface area (TPSA) is 63.3 Å². The predicted octanol–water partition coefficient (Wildman–Crippen LogP) is 3.33. The van der Waals surface area contributed by atoms with Crippen LogP contribution in [0.3, 0.4) is 0 Å². The van der Waals surface area contributed by atoms with Crippen molar-refractivity contribution >= 4 is 11.7 Å². The Morgan fingerprint density at radius 2 is 2.11 bits per heavy atom. The minimum Gasteiger partial charge on any atom is -0.481 e. The molecule has 18 heavy (non-hydrogen) atoms. The van der Waals surface area contributed by atoms with Crippen LogP contribution >= 0.6 is 0 Å². The highest BCUT2D eigenvalue weighted by Gasteiger charge is 2.27. The van der Waals surface area contributed by atoms with Crippen LogP contribution in [0, 0.1) is 12.8 Å². The number of benzene rings is 1. The first-order chi connectivity index (χ1) is 8.58. The zero-order valence-corrected chi connectivity index (χ0v) is 10.9. The number of aliphatic carboxylic acids is 1. The molecule has 0 bridgehead atoms. The van der Waals surface area contributed by atoms with Crippen LogP contribution in [0.5, 0.6) is 0 Å². The Balaban J connectivity index is 2.23. The average molecular weight is 247 g/mol. The number of nitrogen functional groups attached to an aromatic ring is 1. The Kier molecular flexibility index (Phi) is 3.90. The van der Waals surface area contributed by atoms with E-state index in [4.69, 9.17) is 5.73 Å².